The van der Waals surface area contributed by atoms with Crippen LogP contribution in [0.2, 0.25) is 0 Å². The summed E-state index contributed by atoms with van der Waals surface area (Å²) in [5.74, 6) is 0.304. The number of pyridine rings is 1. The van der Waals surface area contributed by atoms with E-state index in [-0.39, 0.29) is 41.8 Å². The van der Waals surface area contributed by atoms with E-state index in [1.54, 1.807) is 43.6 Å². The molecule has 2 atom stereocenters. The number of aromatic amines is 1. The zero-order chi connectivity index (χ0) is 29.0. The number of terminal acetylenes is 1. The molecule has 2 unspecified atom stereocenters. The number of rotatable bonds is 8. The number of halogens is 2. The number of aliphatic hydroxyl groups excluding tert-OH is 1. The molecule has 2 aromatic carbocycles. The number of urea groups is 1. The van der Waals surface area contributed by atoms with Crippen LogP contribution in [0.4, 0.5) is 19.3 Å². The van der Waals surface area contributed by atoms with Gasteiger partial charge < -0.3 is 20.1 Å². The fourth-order valence-corrected chi connectivity index (χ4v) is 4.11. The molecule has 1 aliphatic rings. The predicted octanol–water partition coefficient (Wildman–Crippen LogP) is 2.91. The molecule has 1 fully saturated rings. The first-order chi connectivity index (χ1) is 19.1. The van der Waals surface area contributed by atoms with Crippen molar-refractivity contribution >= 4 is 17.7 Å². The molecule has 0 aliphatic carbocycles. The van der Waals surface area contributed by atoms with E-state index in [1.165, 1.54) is 18.1 Å². The van der Waals surface area contributed by atoms with Crippen LogP contribution in [0.1, 0.15) is 35.2 Å². The molecule has 1 aliphatic heterocycles. The van der Waals surface area contributed by atoms with Gasteiger partial charge in [-0.3, -0.25) is 19.9 Å². The molecule has 10 nitrogen and oxygen atoms in total. The number of aliphatic hydroxyl groups is 1. The van der Waals surface area contributed by atoms with Crippen molar-refractivity contribution in [3.63, 3.8) is 0 Å². The van der Waals surface area contributed by atoms with Gasteiger partial charge in [-0.15, -0.1) is 6.42 Å². The summed E-state index contributed by atoms with van der Waals surface area (Å²) < 4.78 is 33.5. The number of hydrogen-bond acceptors (Lipinski definition) is 6. The summed E-state index contributed by atoms with van der Waals surface area (Å²) >= 11 is 0. The fraction of sp³-hybridized carbons (Fsp3) is 0.250. The monoisotopic (exact) mass is 550 g/mol. The first-order valence-electron chi connectivity index (χ1n) is 12.2. The molecule has 0 saturated carbocycles. The first kappa shape index (κ1) is 28.3. The Morgan fingerprint density at radius 3 is 2.55 bits per heavy atom. The van der Waals surface area contributed by atoms with Gasteiger partial charge in [0.05, 0.1) is 31.5 Å². The summed E-state index contributed by atoms with van der Waals surface area (Å²) in [4.78, 5) is 35.1. The Hall–Kier alpha value is -4.73. The first-order valence-corrected chi connectivity index (χ1v) is 12.2. The largest absolute Gasteiger partial charge is 0.497 e. The Kier molecular flexibility index (Phi) is 8.47. The zero-order valence-corrected chi connectivity index (χ0v) is 22.0. The Morgan fingerprint density at radius 2 is 1.90 bits per heavy atom. The van der Waals surface area contributed by atoms with Crippen molar-refractivity contribution in [1.29, 1.82) is 0 Å². The summed E-state index contributed by atoms with van der Waals surface area (Å²) in [6, 6.07) is 9.64. The Labute approximate surface area is 229 Å². The predicted molar refractivity (Wildman–Crippen MR) is 145 cm³/mol. The van der Waals surface area contributed by atoms with Crippen LogP contribution < -0.4 is 20.9 Å². The summed E-state index contributed by atoms with van der Waals surface area (Å²) in [6.45, 7) is 1.42. The van der Waals surface area contributed by atoms with Crippen LogP contribution in [-0.2, 0) is 13.1 Å². The summed E-state index contributed by atoms with van der Waals surface area (Å²) in [5.41, 5.74) is 0.903. The van der Waals surface area contributed by atoms with E-state index >= 15 is 0 Å². The Morgan fingerprint density at radius 1 is 1.18 bits per heavy atom. The van der Waals surface area contributed by atoms with Gasteiger partial charge in [0.2, 0.25) is 12.3 Å². The lowest BCUT2D eigenvalue weighted by Crippen LogP contribution is -2.65. The van der Waals surface area contributed by atoms with Crippen LogP contribution in [0, 0.1) is 24.0 Å². The SMILES string of the molecule is C#Cc1cc(CN2C(=Nc3ccc(OC)cc3)NC(=O)N(Cc3cc(C(C)NC)c[nH]c3=O)C2O)cc(F)c1F. The number of nitrogens with zero attached hydrogens (tertiary/aromatic N) is 3. The minimum absolute atomic E-state index is 0.0580. The second kappa shape index (κ2) is 12.0. The van der Waals surface area contributed by atoms with E-state index in [0.717, 1.165) is 16.5 Å². The zero-order valence-electron chi connectivity index (χ0n) is 22.0. The fourth-order valence-electron chi connectivity index (χ4n) is 4.11. The van der Waals surface area contributed by atoms with Crippen molar-refractivity contribution < 1.29 is 23.4 Å². The standard InChI is InChI=1S/C28H28F2N6O4/c1-5-18-10-17(11-23(29)24(18)30)14-35-26(33-21-6-8-22(40-4)9-7-21)34-27(38)36(28(35)39)15-20-12-19(16(2)31-3)13-32-25(20)37/h1,6-13,16,28,31,39H,14-15H2,2-4H3,(H,32,37)(H,33,34,38). The molecule has 4 N–H and O–H groups in total. The van der Waals surface area contributed by atoms with E-state index in [0.29, 0.717) is 11.4 Å². The van der Waals surface area contributed by atoms with E-state index in [1.807, 2.05) is 6.92 Å². The Bertz CT molecular complexity index is 1530. The minimum atomic E-state index is -1.64. The molecule has 4 rings (SSSR count). The molecule has 1 aromatic heterocycles. The van der Waals surface area contributed by atoms with Crippen LogP contribution in [-0.4, -0.2) is 52.4 Å². The molecule has 12 heteroatoms. The smallest absolute Gasteiger partial charge is 0.327 e. The van der Waals surface area contributed by atoms with Gasteiger partial charge in [-0.2, -0.15) is 0 Å². The maximum absolute atomic E-state index is 14.3. The molecule has 0 spiro atoms. The molecule has 208 valence electrons. The van der Waals surface area contributed by atoms with Gasteiger partial charge in [0.25, 0.3) is 5.56 Å². The second-order valence-corrected chi connectivity index (χ2v) is 9.05. The van der Waals surface area contributed by atoms with Crippen LogP contribution in [0.5, 0.6) is 5.75 Å². The molecular formula is C28H28F2N6O4. The van der Waals surface area contributed by atoms with Crippen molar-refractivity contribution in [1.82, 2.24) is 25.4 Å². The molecule has 2 amide bonds. The van der Waals surface area contributed by atoms with Crippen molar-refractivity contribution in [3.05, 3.63) is 92.9 Å². The molecule has 0 radical (unpaired) electrons. The number of methoxy groups -OCH3 is 1. The molecule has 2 heterocycles. The van der Waals surface area contributed by atoms with Gasteiger partial charge in [0.1, 0.15) is 5.75 Å². The van der Waals surface area contributed by atoms with Gasteiger partial charge in [0, 0.05) is 17.8 Å². The van der Waals surface area contributed by atoms with Gasteiger partial charge >= 0.3 is 6.03 Å². The normalized spacial score (nSPS) is 17.0. The van der Waals surface area contributed by atoms with Crippen molar-refractivity contribution in [2.45, 2.75) is 32.4 Å². The molecule has 3 aromatic rings. The number of carbonyl (C=O) groups is 1. The number of H-pyrrole nitrogens is 1. The average molecular weight is 551 g/mol. The summed E-state index contributed by atoms with van der Waals surface area (Å²) in [7, 11) is 3.28. The number of amides is 2. The van der Waals surface area contributed by atoms with Crippen LogP contribution in [0.25, 0.3) is 0 Å². The van der Waals surface area contributed by atoms with Crippen LogP contribution in [0.3, 0.4) is 0 Å². The highest BCUT2D eigenvalue weighted by atomic mass is 19.2. The van der Waals surface area contributed by atoms with Crippen LogP contribution in [0.15, 0.2) is 58.4 Å². The highest BCUT2D eigenvalue weighted by molar-refractivity contribution is 5.99. The quantitative estimate of drug-likeness (QED) is 0.320. The number of guanidine groups is 1. The maximum atomic E-state index is 14.3. The average Bonchev–Trinajstić information content (AvgIpc) is 2.95. The third-order valence-electron chi connectivity index (χ3n) is 6.49. The van der Waals surface area contributed by atoms with E-state index in [9.17, 15) is 23.5 Å². The van der Waals surface area contributed by atoms with E-state index < -0.39 is 29.6 Å². The lowest BCUT2D eigenvalue weighted by molar-refractivity contribution is -0.0732. The molecular weight excluding hydrogens is 522 g/mol. The second-order valence-electron chi connectivity index (χ2n) is 9.05. The van der Waals surface area contributed by atoms with Gasteiger partial charge in [-0.25, -0.2) is 18.6 Å². The third-order valence-corrected chi connectivity index (χ3v) is 6.49. The maximum Gasteiger partial charge on any atom is 0.327 e. The number of carbonyl (C=O) groups excluding carboxylic acids is 1. The number of aromatic nitrogens is 1. The van der Waals surface area contributed by atoms with Crippen LogP contribution >= 0.6 is 0 Å². The van der Waals surface area contributed by atoms with Crippen molar-refractivity contribution in [2.75, 3.05) is 14.2 Å². The number of nitrogens with one attached hydrogen (secondary N) is 3. The highest BCUT2D eigenvalue weighted by Crippen LogP contribution is 2.24. The lowest BCUT2D eigenvalue weighted by Gasteiger charge is -2.42. The number of ether oxygens (including phenoxy) is 1. The molecule has 1 saturated heterocycles. The van der Waals surface area contributed by atoms with Gasteiger partial charge in [-0.05, 0) is 67.6 Å². The number of benzene rings is 2. The highest BCUT2D eigenvalue weighted by Gasteiger charge is 2.37. The minimum Gasteiger partial charge on any atom is -0.497 e. The topological polar surface area (TPSA) is 122 Å². The van der Waals surface area contributed by atoms with Gasteiger partial charge in [-0.1, -0.05) is 5.92 Å². The Balaban J connectivity index is 1.72. The van der Waals surface area contributed by atoms with E-state index in [4.69, 9.17) is 11.2 Å². The number of hydrogen-bond donors (Lipinski definition) is 4. The van der Waals surface area contributed by atoms with E-state index in [2.05, 4.69) is 26.5 Å². The van der Waals surface area contributed by atoms with Crippen molar-refractivity contribution in [2.24, 2.45) is 4.99 Å². The lowest BCUT2D eigenvalue weighted by atomic mass is 10.1. The van der Waals surface area contributed by atoms with Gasteiger partial charge in [0.15, 0.2) is 11.6 Å². The summed E-state index contributed by atoms with van der Waals surface area (Å²) in [6.07, 6.45) is 5.26. The third kappa shape index (κ3) is 5.96. The van der Waals surface area contributed by atoms with Crippen molar-refractivity contribution in [3.8, 4) is 18.1 Å². The summed E-state index contributed by atoms with van der Waals surface area (Å²) in [5, 5.41) is 17.1. The molecule has 40 heavy (non-hydrogen) atoms. The molecule has 0 bridgehead atoms. The number of aliphatic imine (C=N–C) groups is 1.